The monoisotopic (exact) mass is 446 g/mol. The summed E-state index contributed by atoms with van der Waals surface area (Å²) in [6.45, 7) is 2.65. The van der Waals surface area contributed by atoms with Crippen molar-refractivity contribution in [3.05, 3.63) is 81.2 Å². The van der Waals surface area contributed by atoms with E-state index >= 15 is 0 Å². The highest BCUT2D eigenvalue weighted by Crippen LogP contribution is 2.31. The maximum absolute atomic E-state index is 13.5. The fourth-order valence-corrected chi connectivity index (χ4v) is 3.98. The molecule has 0 atom stereocenters. The van der Waals surface area contributed by atoms with E-state index in [1.54, 1.807) is 25.1 Å². The molecule has 0 N–H and O–H groups in total. The zero-order chi connectivity index (χ0) is 22.4. The van der Waals surface area contributed by atoms with Crippen LogP contribution in [0.3, 0.4) is 0 Å². The van der Waals surface area contributed by atoms with E-state index in [2.05, 4.69) is 15.1 Å². The number of fused-ring (bicyclic) bond motifs is 2. The van der Waals surface area contributed by atoms with Gasteiger partial charge in [0.05, 0.1) is 21.7 Å². The molecule has 0 radical (unpaired) electrons. The third-order valence-electron chi connectivity index (χ3n) is 5.45. The van der Waals surface area contributed by atoms with Crippen LogP contribution in [-0.2, 0) is 0 Å². The molecule has 0 aliphatic carbocycles. The predicted molar refractivity (Wildman–Crippen MR) is 124 cm³/mol. The lowest BCUT2D eigenvalue weighted by molar-refractivity contribution is 0.0978. The standard InChI is InChI=1S/C23H19ClN6O2/c1-14-13-19(31)20(27-30(14)18-10-6-3-7-15(18)24)23(32)29-12-11-28(2)21-22(29)26-17-9-5-4-8-16(17)25-21/h3-10,13H,11-12H2,1-2H3. The second-order valence-electron chi connectivity index (χ2n) is 7.60. The first-order valence-corrected chi connectivity index (χ1v) is 10.5. The van der Waals surface area contributed by atoms with Gasteiger partial charge in [0.15, 0.2) is 17.3 Å². The van der Waals surface area contributed by atoms with Gasteiger partial charge in [0, 0.05) is 31.9 Å². The zero-order valence-electron chi connectivity index (χ0n) is 17.5. The number of halogens is 1. The van der Waals surface area contributed by atoms with Crippen molar-refractivity contribution in [2.75, 3.05) is 29.9 Å². The number of aryl methyl sites for hydroxylation is 1. The molecule has 2 aromatic heterocycles. The highest BCUT2D eigenvalue weighted by atomic mass is 35.5. The normalized spacial score (nSPS) is 13.3. The van der Waals surface area contributed by atoms with Crippen molar-refractivity contribution in [1.29, 1.82) is 0 Å². The molecule has 2 aromatic carbocycles. The van der Waals surface area contributed by atoms with Crippen molar-refractivity contribution >= 4 is 40.2 Å². The number of amides is 1. The Labute approximate surface area is 188 Å². The molecule has 0 unspecified atom stereocenters. The summed E-state index contributed by atoms with van der Waals surface area (Å²) in [6, 6.07) is 16.0. The van der Waals surface area contributed by atoms with Gasteiger partial charge >= 0.3 is 0 Å². The maximum atomic E-state index is 13.5. The van der Waals surface area contributed by atoms with Crippen molar-refractivity contribution in [3.63, 3.8) is 0 Å². The Bertz CT molecular complexity index is 1430. The summed E-state index contributed by atoms with van der Waals surface area (Å²) in [5, 5.41) is 4.86. The summed E-state index contributed by atoms with van der Waals surface area (Å²) < 4.78 is 1.51. The second-order valence-corrected chi connectivity index (χ2v) is 8.01. The summed E-state index contributed by atoms with van der Waals surface area (Å²) in [7, 11) is 1.90. The summed E-state index contributed by atoms with van der Waals surface area (Å²) >= 11 is 6.33. The van der Waals surface area contributed by atoms with E-state index < -0.39 is 11.3 Å². The highest BCUT2D eigenvalue weighted by molar-refractivity contribution is 6.32. The Morgan fingerprint density at radius 2 is 1.62 bits per heavy atom. The van der Waals surface area contributed by atoms with Crippen LogP contribution in [0.5, 0.6) is 0 Å². The van der Waals surface area contributed by atoms with Crippen LogP contribution >= 0.6 is 11.6 Å². The summed E-state index contributed by atoms with van der Waals surface area (Å²) in [5.41, 5.74) is 1.92. The fourth-order valence-electron chi connectivity index (χ4n) is 3.77. The second kappa shape index (κ2) is 7.72. The minimum atomic E-state index is -0.519. The number of hydrogen-bond acceptors (Lipinski definition) is 6. The highest BCUT2D eigenvalue weighted by Gasteiger charge is 2.31. The number of aromatic nitrogens is 4. The molecule has 4 aromatic rings. The van der Waals surface area contributed by atoms with E-state index in [1.807, 2.05) is 42.3 Å². The van der Waals surface area contributed by atoms with E-state index in [9.17, 15) is 9.59 Å². The van der Waals surface area contributed by atoms with E-state index in [0.29, 0.717) is 46.6 Å². The lowest BCUT2D eigenvalue weighted by Crippen LogP contribution is -2.45. The topological polar surface area (TPSA) is 84.2 Å². The summed E-state index contributed by atoms with van der Waals surface area (Å²) in [6.07, 6.45) is 0. The van der Waals surface area contributed by atoms with Gasteiger partial charge in [-0.1, -0.05) is 35.9 Å². The van der Waals surface area contributed by atoms with E-state index in [4.69, 9.17) is 11.6 Å². The molecule has 0 saturated carbocycles. The first-order valence-electron chi connectivity index (χ1n) is 10.1. The van der Waals surface area contributed by atoms with Gasteiger partial charge in [0.25, 0.3) is 5.91 Å². The Kier molecular flexibility index (Phi) is 4.86. The lowest BCUT2D eigenvalue weighted by Gasteiger charge is -2.33. The van der Waals surface area contributed by atoms with Gasteiger partial charge in [-0.25, -0.2) is 14.6 Å². The third-order valence-corrected chi connectivity index (χ3v) is 5.77. The molecule has 0 saturated heterocycles. The number of anilines is 2. The van der Waals surface area contributed by atoms with Crippen LogP contribution in [0.1, 0.15) is 16.2 Å². The lowest BCUT2D eigenvalue weighted by atomic mass is 10.2. The Balaban J connectivity index is 1.64. The van der Waals surface area contributed by atoms with Crippen molar-refractivity contribution < 1.29 is 4.79 Å². The Morgan fingerprint density at radius 1 is 0.969 bits per heavy atom. The SMILES string of the molecule is Cc1cc(=O)c(C(=O)N2CCN(C)c3nc4ccccc4nc32)nn1-c1ccccc1Cl. The van der Waals surface area contributed by atoms with Crippen LogP contribution in [0.15, 0.2) is 59.4 Å². The van der Waals surface area contributed by atoms with Crippen LogP contribution in [0.4, 0.5) is 11.6 Å². The van der Waals surface area contributed by atoms with E-state index in [-0.39, 0.29) is 5.69 Å². The van der Waals surface area contributed by atoms with Gasteiger partial charge in [0.1, 0.15) is 0 Å². The minimum absolute atomic E-state index is 0.194. The van der Waals surface area contributed by atoms with Crippen LogP contribution in [0.2, 0.25) is 5.02 Å². The average Bonchev–Trinajstić information content (AvgIpc) is 2.79. The zero-order valence-corrected chi connectivity index (χ0v) is 18.2. The minimum Gasteiger partial charge on any atom is -0.355 e. The molecule has 5 rings (SSSR count). The molecule has 1 aliphatic rings. The van der Waals surface area contributed by atoms with Crippen molar-refractivity contribution in [3.8, 4) is 5.69 Å². The molecular formula is C23H19ClN6O2. The molecule has 0 spiro atoms. The molecule has 3 heterocycles. The van der Waals surface area contributed by atoms with Crippen molar-refractivity contribution in [1.82, 2.24) is 19.7 Å². The van der Waals surface area contributed by atoms with Crippen molar-refractivity contribution in [2.45, 2.75) is 6.92 Å². The molecule has 9 heteroatoms. The number of likely N-dealkylation sites (N-methyl/N-ethyl adjacent to an activating group) is 1. The fraction of sp³-hybridized carbons (Fsp3) is 0.174. The van der Waals surface area contributed by atoms with Crippen molar-refractivity contribution in [2.24, 2.45) is 0 Å². The average molecular weight is 447 g/mol. The largest absolute Gasteiger partial charge is 0.355 e. The van der Waals surface area contributed by atoms with E-state index in [0.717, 1.165) is 5.52 Å². The molecular weight excluding hydrogens is 428 g/mol. The van der Waals surface area contributed by atoms with Crippen LogP contribution in [0, 0.1) is 6.92 Å². The molecule has 1 amide bonds. The van der Waals surface area contributed by atoms with Gasteiger partial charge in [-0.15, -0.1) is 0 Å². The number of hydrogen-bond donors (Lipinski definition) is 0. The Morgan fingerprint density at radius 3 is 2.34 bits per heavy atom. The van der Waals surface area contributed by atoms with Gasteiger partial charge in [-0.2, -0.15) is 5.10 Å². The Hall–Kier alpha value is -3.78. The molecule has 0 bridgehead atoms. The molecule has 160 valence electrons. The number of para-hydroxylation sites is 3. The van der Waals surface area contributed by atoms with Gasteiger partial charge < -0.3 is 4.90 Å². The van der Waals surface area contributed by atoms with E-state index in [1.165, 1.54) is 15.6 Å². The van der Waals surface area contributed by atoms with Crippen LogP contribution in [-0.4, -0.2) is 45.8 Å². The molecule has 1 aliphatic heterocycles. The summed E-state index contributed by atoms with van der Waals surface area (Å²) in [5.74, 6) is 0.477. The van der Waals surface area contributed by atoms with Crippen LogP contribution in [0.25, 0.3) is 16.7 Å². The molecule has 0 fully saturated rings. The number of carbonyl (C=O) groups is 1. The third kappa shape index (κ3) is 3.29. The first-order chi connectivity index (χ1) is 15.4. The molecule has 32 heavy (non-hydrogen) atoms. The molecule has 8 nitrogen and oxygen atoms in total. The van der Waals surface area contributed by atoms with Gasteiger partial charge in [-0.3, -0.25) is 14.5 Å². The number of rotatable bonds is 2. The maximum Gasteiger partial charge on any atom is 0.284 e. The number of nitrogens with zero attached hydrogens (tertiary/aromatic N) is 6. The van der Waals surface area contributed by atoms with Gasteiger partial charge in [0.2, 0.25) is 5.43 Å². The van der Waals surface area contributed by atoms with Gasteiger partial charge in [-0.05, 0) is 31.2 Å². The quantitative estimate of drug-likeness (QED) is 0.470. The number of carbonyl (C=O) groups excluding carboxylic acids is 1. The van der Waals surface area contributed by atoms with Crippen LogP contribution < -0.4 is 15.2 Å². The predicted octanol–water partition coefficient (Wildman–Crippen LogP) is 3.23. The first kappa shape index (κ1) is 20.1. The number of benzene rings is 2. The smallest absolute Gasteiger partial charge is 0.284 e. The summed E-state index contributed by atoms with van der Waals surface area (Å²) in [4.78, 5) is 39.1.